The smallest absolute Gasteiger partial charge is 0.243 e. The molecule has 0 amide bonds. The van der Waals surface area contributed by atoms with Crippen LogP contribution in [0.2, 0.25) is 0 Å². The summed E-state index contributed by atoms with van der Waals surface area (Å²) in [6.07, 6.45) is 3.60. The second-order valence-corrected chi connectivity index (χ2v) is 5.12. The van der Waals surface area contributed by atoms with Crippen LogP contribution in [0.4, 0.5) is 0 Å². The lowest BCUT2D eigenvalue weighted by Crippen LogP contribution is -2.39. The summed E-state index contributed by atoms with van der Waals surface area (Å²) >= 11 is 0. The van der Waals surface area contributed by atoms with Crippen LogP contribution in [0, 0.1) is 0 Å². The van der Waals surface area contributed by atoms with Crippen molar-refractivity contribution in [1.29, 1.82) is 0 Å². The lowest BCUT2D eigenvalue weighted by atomic mass is 10.00. The van der Waals surface area contributed by atoms with Crippen molar-refractivity contribution in [2.45, 2.75) is 58.2 Å². The van der Waals surface area contributed by atoms with Crippen LogP contribution in [0.1, 0.15) is 63.8 Å². The van der Waals surface area contributed by atoms with Gasteiger partial charge in [-0.2, -0.15) is 4.98 Å². The Morgan fingerprint density at radius 2 is 2.12 bits per heavy atom. The number of likely N-dealkylation sites (tertiary alicyclic amines) is 1. The van der Waals surface area contributed by atoms with Gasteiger partial charge in [0.25, 0.3) is 0 Å². The second-order valence-electron chi connectivity index (χ2n) is 5.12. The number of rotatable bonds is 3. The van der Waals surface area contributed by atoms with Crippen LogP contribution in [-0.4, -0.2) is 27.6 Å². The number of nitrogens with two attached hydrogens (primary N) is 1. The van der Waals surface area contributed by atoms with Crippen molar-refractivity contribution >= 4 is 0 Å². The zero-order valence-corrected chi connectivity index (χ0v) is 10.9. The summed E-state index contributed by atoms with van der Waals surface area (Å²) in [4.78, 5) is 6.87. The van der Waals surface area contributed by atoms with Gasteiger partial charge in [0.1, 0.15) is 0 Å². The van der Waals surface area contributed by atoms with Gasteiger partial charge in [-0.05, 0) is 40.2 Å². The maximum Gasteiger partial charge on any atom is 0.243 e. The predicted octanol–water partition coefficient (Wildman–Crippen LogP) is 2.02. The highest BCUT2D eigenvalue weighted by Gasteiger charge is 2.29. The van der Waals surface area contributed by atoms with E-state index in [1.54, 1.807) is 0 Å². The molecule has 1 aromatic heterocycles. The lowest BCUT2D eigenvalue weighted by molar-refractivity contribution is 0.104. The highest BCUT2D eigenvalue weighted by molar-refractivity contribution is 4.99. The van der Waals surface area contributed by atoms with E-state index in [9.17, 15) is 0 Å². The molecule has 2 atom stereocenters. The third-order valence-electron chi connectivity index (χ3n) is 3.35. The number of hydrogen-bond acceptors (Lipinski definition) is 5. The number of nitrogens with zero attached hydrogens (tertiary/aromatic N) is 3. The van der Waals surface area contributed by atoms with Crippen molar-refractivity contribution < 1.29 is 4.52 Å². The van der Waals surface area contributed by atoms with Crippen molar-refractivity contribution in [2.75, 3.05) is 6.54 Å². The molecule has 2 rings (SSSR count). The minimum Gasteiger partial charge on any atom is -0.338 e. The van der Waals surface area contributed by atoms with Crippen molar-refractivity contribution in [3.63, 3.8) is 0 Å². The van der Waals surface area contributed by atoms with Crippen LogP contribution in [-0.2, 0) is 0 Å². The summed E-state index contributed by atoms with van der Waals surface area (Å²) in [5.41, 5.74) is 5.74. The molecule has 0 spiro atoms. The molecule has 0 aromatic carbocycles. The molecule has 1 aromatic rings. The molecule has 1 aliphatic heterocycles. The molecule has 1 saturated heterocycles. The number of piperidine rings is 1. The van der Waals surface area contributed by atoms with E-state index in [1.807, 2.05) is 6.92 Å². The predicted molar refractivity (Wildman–Crippen MR) is 65.3 cm³/mol. The van der Waals surface area contributed by atoms with E-state index in [1.165, 1.54) is 12.8 Å². The molecule has 5 heteroatoms. The Labute approximate surface area is 102 Å². The van der Waals surface area contributed by atoms with Gasteiger partial charge in [-0.15, -0.1) is 0 Å². The lowest BCUT2D eigenvalue weighted by Gasteiger charge is -2.36. The second kappa shape index (κ2) is 5.14. The van der Waals surface area contributed by atoms with Gasteiger partial charge in [0.05, 0.1) is 12.1 Å². The topological polar surface area (TPSA) is 68.2 Å². The fourth-order valence-corrected chi connectivity index (χ4v) is 2.42. The molecule has 1 aliphatic rings. The average molecular weight is 238 g/mol. The molecule has 17 heavy (non-hydrogen) atoms. The molecule has 2 N–H and O–H groups in total. The zero-order chi connectivity index (χ0) is 12.4. The van der Waals surface area contributed by atoms with E-state index < -0.39 is 0 Å². The van der Waals surface area contributed by atoms with Crippen molar-refractivity contribution in [2.24, 2.45) is 5.73 Å². The van der Waals surface area contributed by atoms with Crippen LogP contribution < -0.4 is 5.73 Å². The van der Waals surface area contributed by atoms with Gasteiger partial charge in [-0.25, -0.2) is 0 Å². The normalized spacial score (nSPS) is 24.2. The minimum absolute atomic E-state index is 0.188. The Morgan fingerprint density at radius 1 is 1.35 bits per heavy atom. The third kappa shape index (κ3) is 2.66. The third-order valence-corrected chi connectivity index (χ3v) is 3.35. The van der Waals surface area contributed by atoms with Gasteiger partial charge >= 0.3 is 0 Å². The molecule has 2 unspecified atom stereocenters. The van der Waals surface area contributed by atoms with Gasteiger partial charge in [0, 0.05) is 6.04 Å². The van der Waals surface area contributed by atoms with Gasteiger partial charge < -0.3 is 10.3 Å². The Kier molecular flexibility index (Phi) is 3.79. The summed E-state index contributed by atoms with van der Waals surface area (Å²) in [6.45, 7) is 7.40. The first kappa shape index (κ1) is 12.5. The molecule has 0 saturated carbocycles. The highest BCUT2D eigenvalue weighted by atomic mass is 16.5. The van der Waals surface area contributed by atoms with Crippen LogP contribution in [0.15, 0.2) is 4.52 Å². The monoisotopic (exact) mass is 238 g/mol. The molecule has 96 valence electrons. The Morgan fingerprint density at radius 3 is 2.71 bits per heavy atom. The first-order chi connectivity index (χ1) is 8.09. The van der Waals surface area contributed by atoms with Gasteiger partial charge in [0.15, 0.2) is 5.82 Å². The first-order valence-corrected chi connectivity index (χ1v) is 6.44. The molecule has 1 fully saturated rings. The number of hydrogen-bond donors (Lipinski definition) is 1. The maximum absolute atomic E-state index is 5.74. The van der Waals surface area contributed by atoms with E-state index in [-0.39, 0.29) is 6.04 Å². The fourth-order valence-electron chi connectivity index (χ4n) is 2.42. The summed E-state index contributed by atoms with van der Waals surface area (Å²) in [6, 6.07) is 0.616. The van der Waals surface area contributed by atoms with Crippen LogP contribution in [0.5, 0.6) is 0 Å². The molecular formula is C12H22N4O. The summed E-state index contributed by atoms with van der Waals surface area (Å²) in [5, 5.41) is 4.09. The quantitative estimate of drug-likeness (QED) is 0.872. The van der Waals surface area contributed by atoms with Gasteiger partial charge in [0.2, 0.25) is 5.89 Å². The van der Waals surface area contributed by atoms with Crippen molar-refractivity contribution in [3.8, 4) is 0 Å². The SMILES string of the molecule is CC(N)c1nc(C2CCCCN2C(C)C)no1. The standard InChI is InChI=1S/C12H22N4O/c1-8(2)16-7-5-4-6-10(16)11-14-12(9(3)13)17-15-11/h8-10H,4-7,13H2,1-3H3. The van der Waals surface area contributed by atoms with E-state index in [0.29, 0.717) is 18.0 Å². The molecule has 0 aliphatic carbocycles. The zero-order valence-electron chi connectivity index (χ0n) is 10.9. The molecule has 5 nitrogen and oxygen atoms in total. The number of aromatic nitrogens is 2. The fraction of sp³-hybridized carbons (Fsp3) is 0.833. The average Bonchev–Trinajstić information content (AvgIpc) is 2.78. The van der Waals surface area contributed by atoms with Crippen LogP contribution >= 0.6 is 0 Å². The van der Waals surface area contributed by atoms with Crippen LogP contribution in [0.3, 0.4) is 0 Å². The highest BCUT2D eigenvalue weighted by Crippen LogP contribution is 2.31. The van der Waals surface area contributed by atoms with Crippen molar-refractivity contribution in [3.05, 3.63) is 11.7 Å². The van der Waals surface area contributed by atoms with Gasteiger partial charge in [-0.1, -0.05) is 11.6 Å². The van der Waals surface area contributed by atoms with E-state index >= 15 is 0 Å². The Bertz CT molecular complexity index is 361. The van der Waals surface area contributed by atoms with Crippen LogP contribution in [0.25, 0.3) is 0 Å². The molecular weight excluding hydrogens is 216 g/mol. The minimum atomic E-state index is -0.188. The summed E-state index contributed by atoms with van der Waals surface area (Å²) in [5.74, 6) is 1.33. The maximum atomic E-state index is 5.74. The Balaban J connectivity index is 2.17. The first-order valence-electron chi connectivity index (χ1n) is 6.44. The van der Waals surface area contributed by atoms with E-state index in [2.05, 4.69) is 28.9 Å². The largest absolute Gasteiger partial charge is 0.338 e. The summed E-state index contributed by atoms with van der Waals surface area (Å²) in [7, 11) is 0. The van der Waals surface area contributed by atoms with E-state index in [4.69, 9.17) is 10.3 Å². The van der Waals surface area contributed by atoms with E-state index in [0.717, 1.165) is 18.8 Å². The molecule has 0 radical (unpaired) electrons. The summed E-state index contributed by atoms with van der Waals surface area (Å²) < 4.78 is 5.19. The molecule has 0 bridgehead atoms. The van der Waals surface area contributed by atoms with Gasteiger partial charge in [-0.3, -0.25) is 4.90 Å². The van der Waals surface area contributed by atoms with Crippen molar-refractivity contribution in [1.82, 2.24) is 15.0 Å². The Hall–Kier alpha value is -0.940. The molecule has 2 heterocycles.